The smallest absolute Gasteiger partial charge is 0.274 e. The van der Waals surface area contributed by atoms with Gasteiger partial charge in [0.15, 0.2) is 11.6 Å². The average molecular weight is 483 g/mol. The first kappa shape index (κ1) is 21.6. The number of anilines is 2. The molecule has 1 fully saturated rings. The molecule has 0 radical (unpaired) electrons. The molecule has 4 heterocycles. The summed E-state index contributed by atoms with van der Waals surface area (Å²) in [5, 5.41) is 6.34. The van der Waals surface area contributed by atoms with Crippen LogP contribution < -0.4 is 20.3 Å². The minimum Gasteiger partial charge on any atom is -0.454 e. The average Bonchev–Trinajstić information content (AvgIpc) is 2.92. The van der Waals surface area contributed by atoms with Crippen molar-refractivity contribution in [3.8, 4) is 22.9 Å². The number of nitrogens with zero attached hydrogens (tertiary/aromatic N) is 4. The number of fused-ring (bicyclic) bond motifs is 2. The van der Waals surface area contributed by atoms with Crippen molar-refractivity contribution in [3.05, 3.63) is 78.9 Å². The maximum Gasteiger partial charge on any atom is 0.274 e. The standard InChI is InChI=1S/C26H22N6O2S/c33-26(31-19-16-28-10-9-20(19)32-14-12-27-13-15-32)18-8-11-29-25(30-18)17-4-3-7-23-24(17)34-21-5-1-2-6-22(21)35-23/h1-11,16,27H,12-15H2,(H,31,33). The number of hydrogen-bond donors (Lipinski definition) is 2. The minimum absolute atomic E-state index is 0.270. The second kappa shape index (κ2) is 9.36. The van der Waals surface area contributed by atoms with E-state index in [4.69, 9.17) is 4.74 Å². The van der Waals surface area contributed by atoms with Gasteiger partial charge in [-0.25, -0.2) is 9.97 Å². The highest BCUT2D eigenvalue weighted by Crippen LogP contribution is 2.50. The predicted octanol–water partition coefficient (Wildman–Crippen LogP) is 4.46. The van der Waals surface area contributed by atoms with Crippen LogP contribution in [-0.2, 0) is 0 Å². The van der Waals surface area contributed by atoms with E-state index >= 15 is 0 Å². The molecular weight excluding hydrogens is 460 g/mol. The Morgan fingerprint density at radius 2 is 1.86 bits per heavy atom. The largest absolute Gasteiger partial charge is 0.454 e. The highest BCUT2D eigenvalue weighted by atomic mass is 32.2. The van der Waals surface area contributed by atoms with Gasteiger partial charge in [0.05, 0.1) is 32.9 Å². The monoisotopic (exact) mass is 482 g/mol. The van der Waals surface area contributed by atoms with Gasteiger partial charge < -0.3 is 20.3 Å². The number of carbonyl (C=O) groups excluding carboxylic acids is 1. The van der Waals surface area contributed by atoms with Crippen LogP contribution >= 0.6 is 11.8 Å². The van der Waals surface area contributed by atoms with Crippen LogP contribution in [0.3, 0.4) is 0 Å². The molecule has 6 rings (SSSR count). The number of piperazine rings is 1. The zero-order valence-corrected chi connectivity index (χ0v) is 19.6. The Morgan fingerprint density at radius 1 is 1.00 bits per heavy atom. The van der Waals surface area contributed by atoms with Crippen molar-refractivity contribution in [2.75, 3.05) is 36.4 Å². The van der Waals surface area contributed by atoms with Crippen LogP contribution in [0.1, 0.15) is 10.5 Å². The summed E-state index contributed by atoms with van der Waals surface area (Å²) in [6.45, 7) is 3.53. The molecule has 2 aromatic heterocycles. The Morgan fingerprint density at radius 3 is 2.77 bits per heavy atom. The number of ether oxygens (including phenoxy) is 1. The van der Waals surface area contributed by atoms with Gasteiger partial charge in [0.1, 0.15) is 11.4 Å². The van der Waals surface area contributed by atoms with Crippen LogP contribution in [0.25, 0.3) is 11.4 Å². The first-order chi connectivity index (χ1) is 17.3. The Hall–Kier alpha value is -3.95. The molecule has 8 nitrogen and oxygen atoms in total. The van der Waals surface area contributed by atoms with E-state index in [9.17, 15) is 4.79 Å². The number of carbonyl (C=O) groups is 1. The first-order valence-corrected chi connectivity index (χ1v) is 12.2. The lowest BCUT2D eigenvalue weighted by Crippen LogP contribution is -2.43. The van der Waals surface area contributed by atoms with Gasteiger partial charge in [-0.05, 0) is 36.4 Å². The van der Waals surface area contributed by atoms with Crippen LogP contribution in [0.4, 0.5) is 11.4 Å². The number of para-hydroxylation sites is 2. The first-order valence-electron chi connectivity index (χ1n) is 11.4. The summed E-state index contributed by atoms with van der Waals surface area (Å²) in [6, 6.07) is 17.3. The summed E-state index contributed by atoms with van der Waals surface area (Å²) < 4.78 is 6.22. The van der Waals surface area contributed by atoms with Crippen LogP contribution in [0.2, 0.25) is 0 Å². The van der Waals surface area contributed by atoms with E-state index in [2.05, 4.69) is 30.5 Å². The van der Waals surface area contributed by atoms with Crippen molar-refractivity contribution in [1.82, 2.24) is 20.3 Å². The van der Waals surface area contributed by atoms with Crippen molar-refractivity contribution >= 4 is 29.0 Å². The highest BCUT2D eigenvalue weighted by Gasteiger charge is 2.23. The quantitative estimate of drug-likeness (QED) is 0.388. The van der Waals surface area contributed by atoms with Crippen molar-refractivity contribution in [2.24, 2.45) is 0 Å². The fourth-order valence-electron chi connectivity index (χ4n) is 4.19. The van der Waals surface area contributed by atoms with Gasteiger partial charge in [0.25, 0.3) is 5.91 Å². The third-order valence-electron chi connectivity index (χ3n) is 5.89. The van der Waals surface area contributed by atoms with Crippen molar-refractivity contribution < 1.29 is 9.53 Å². The summed E-state index contributed by atoms with van der Waals surface area (Å²) in [5.74, 6) is 1.61. The summed E-state index contributed by atoms with van der Waals surface area (Å²) in [5.41, 5.74) is 2.62. The zero-order valence-electron chi connectivity index (χ0n) is 18.8. The molecule has 0 atom stereocenters. The molecular formula is C26H22N6O2S. The molecule has 35 heavy (non-hydrogen) atoms. The SMILES string of the molecule is O=C(Nc1cnccc1N1CCNCC1)c1ccnc(-c2cccc3c2Oc2ccccc2S3)n1. The van der Waals surface area contributed by atoms with Gasteiger partial charge in [-0.1, -0.05) is 30.0 Å². The maximum absolute atomic E-state index is 13.2. The minimum atomic E-state index is -0.316. The molecule has 2 aromatic carbocycles. The van der Waals surface area contributed by atoms with Crippen LogP contribution in [0.5, 0.6) is 11.5 Å². The molecule has 0 unspecified atom stereocenters. The molecule has 174 valence electrons. The van der Waals surface area contributed by atoms with Crippen LogP contribution in [0, 0.1) is 0 Å². The Labute approximate surface area is 206 Å². The second-order valence-electron chi connectivity index (χ2n) is 8.13. The normalized spacial score (nSPS) is 14.5. The van der Waals surface area contributed by atoms with Crippen molar-refractivity contribution in [3.63, 3.8) is 0 Å². The second-order valence-corrected chi connectivity index (χ2v) is 9.22. The van der Waals surface area contributed by atoms with E-state index in [0.29, 0.717) is 17.3 Å². The lowest BCUT2D eigenvalue weighted by molar-refractivity contribution is 0.102. The van der Waals surface area contributed by atoms with E-state index in [0.717, 1.165) is 53.0 Å². The number of benzene rings is 2. The highest BCUT2D eigenvalue weighted by molar-refractivity contribution is 7.99. The molecule has 0 spiro atoms. The van der Waals surface area contributed by atoms with Gasteiger partial charge in [0, 0.05) is 38.6 Å². The summed E-state index contributed by atoms with van der Waals surface area (Å²) in [7, 11) is 0. The van der Waals surface area contributed by atoms with Crippen LogP contribution in [-0.4, -0.2) is 47.0 Å². The molecule has 0 bridgehead atoms. The molecule has 9 heteroatoms. The van der Waals surface area contributed by atoms with Gasteiger partial charge in [-0.2, -0.15) is 0 Å². The molecule has 0 saturated carbocycles. The number of hydrogen-bond acceptors (Lipinski definition) is 8. The molecule has 1 amide bonds. The molecule has 2 aliphatic rings. The number of pyridine rings is 1. The molecule has 1 saturated heterocycles. The van der Waals surface area contributed by atoms with Gasteiger partial charge in [-0.15, -0.1) is 0 Å². The third kappa shape index (κ3) is 4.31. The van der Waals surface area contributed by atoms with Crippen molar-refractivity contribution in [1.29, 1.82) is 0 Å². The van der Waals surface area contributed by atoms with Crippen LogP contribution in [0.15, 0.2) is 83.0 Å². The molecule has 2 aliphatic heterocycles. The van der Waals surface area contributed by atoms with Crippen molar-refractivity contribution in [2.45, 2.75) is 9.79 Å². The maximum atomic E-state index is 13.2. The van der Waals surface area contributed by atoms with E-state index < -0.39 is 0 Å². The van der Waals surface area contributed by atoms with Gasteiger partial charge in [0.2, 0.25) is 0 Å². The summed E-state index contributed by atoms with van der Waals surface area (Å²) >= 11 is 1.64. The van der Waals surface area contributed by atoms with E-state index in [1.54, 1.807) is 36.4 Å². The summed E-state index contributed by atoms with van der Waals surface area (Å²) in [4.78, 5) is 30.7. The lowest BCUT2D eigenvalue weighted by atomic mass is 10.1. The summed E-state index contributed by atoms with van der Waals surface area (Å²) in [6.07, 6.45) is 5.01. The fourth-order valence-corrected chi connectivity index (χ4v) is 5.18. The topological polar surface area (TPSA) is 92.3 Å². The number of rotatable bonds is 4. The predicted molar refractivity (Wildman–Crippen MR) is 135 cm³/mol. The van der Waals surface area contributed by atoms with E-state index in [1.807, 2.05) is 48.5 Å². The van der Waals surface area contributed by atoms with E-state index in [-0.39, 0.29) is 11.6 Å². The van der Waals surface area contributed by atoms with Gasteiger partial charge >= 0.3 is 0 Å². The third-order valence-corrected chi connectivity index (χ3v) is 6.99. The molecule has 4 aromatic rings. The number of nitrogens with one attached hydrogen (secondary N) is 2. The Kier molecular flexibility index (Phi) is 5.77. The number of amides is 1. The lowest BCUT2D eigenvalue weighted by Gasteiger charge is -2.30. The Bertz CT molecular complexity index is 1410. The molecule has 0 aliphatic carbocycles. The molecule has 2 N–H and O–H groups in total. The Balaban J connectivity index is 1.28. The number of aromatic nitrogens is 3. The van der Waals surface area contributed by atoms with E-state index in [1.165, 1.54) is 0 Å². The fraction of sp³-hybridized carbons (Fsp3) is 0.154. The zero-order chi connectivity index (χ0) is 23.6. The van der Waals surface area contributed by atoms with Gasteiger partial charge in [-0.3, -0.25) is 9.78 Å².